The van der Waals surface area contributed by atoms with E-state index in [1.54, 1.807) is 0 Å². The van der Waals surface area contributed by atoms with Crippen LogP contribution in [0.25, 0.3) is 0 Å². The molecule has 0 aliphatic heterocycles. The summed E-state index contributed by atoms with van der Waals surface area (Å²) in [6, 6.07) is 10.5. The molecule has 3 atom stereocenters. The third-order valence-electron chi connectivity index (χ3n) is 3.79. The number of rotatable bonds is 3. The first-order valence-corrected chi connectivity index (χ1v) is 6.37. The van der Waals surface area contributed by atoms with E-state index >= 15 is 0 Å². The third kappa shape index (κ3) is 2.87. The molecule has 0 bridgehead atoms. The van der Waals surface area contributed by atoms with Crippen LogP contribution in [-0.2, 0) is 6.42 Å². The van der Waals surface area contributed by atoms with Crippen LogP contribution in [0, 0.1) is 17.2 Å². The smallest absolute Gasteiger partial charge is 0.0700 e. The van der Waals surface area contributed by atoms with Crippen molar-refractivity contribution >= 4 is 0 Å². The molecule has 2 nitrogen and oxygen atoms in total. The van der Waals surface area contributed by atoms with Crippen LogP contribution in [0.3, 0.4) is 0 Å². The van der Waals surface area contributed by atoms with Crippen molar-refractivity contribution < 1.29 is 5.11 Å². The van der Waals surface area contributed by atoms with E-state index in [1.807, 2.05) is 19.1 Å². The van der Waals surface area contributed by atoms with Crippen molar-refractivity contribution in [2.75, 3.05) is 0 Å². The van der Waals surface area contributed by atoms with Crippen molar-refractivity contribution in [1.29, 1.82) is 5.26 Å². The Morgan fingerprint density at radius 3 is 2.59 bits per heavy atom. The molecule has 1 aliphatic rings. The minimum atomic E-state index is -0.118. The van der Waals surface area contributed by atoms with Crippen LogP contribution in [0.15, 0.2) is 24.3 Å². The van der Waals surface area contributed by atoms with Gasteiger partial charge in [0.1, 0.15) is 0 Å². The minimum Gasteiger partial charge on any atom is -0.393 e. The normalized spacial score (nSPS) is 25.5. The molecule has 1 saturated carbocycles. The zero-order valence-electron chi connectivity index (χ0n) is 10.3. The van der Waals surface area contributed by atoms with Crippen molar-refractivity contribution in [3.8, 4) is 6.07 Å². The van der Waals surface area contributed by atoms with E-state index in [1.165, 1.54) is 5.56 Å². The summed E-state index contributed by atoms with van der Waals surface area (Å²) in [5.74, 6) is 0.385. The van der Waals surface area contributed by atoms with Crippen LogP contribution in [-0.4, -0.2) is 11.2 Å². The Kier molecular flexibility index (Phi) is 3.81. The third-order valence-corrected chi connectivity index (χ3v) is 3.79. The fourth-order valence-corrected chi connectivity index (χ4v) is 2.58. The molecule has 2 heteroatoms. The molecule has 17 heavy (non-hydrogen) atoms. The zero-order chi connectivity index (χ0) is 12.3. The second kappa shape index (κ2) is 5.33. The van der Waals surface area contributed by atoms with Gasteiger partial charge in [0, 0.05) is 0 Å². The molecule has 2 rings (SSSR count). The molecule has 1 aliphatic carbocycles. The molecular formula is C15H19NO. The molecular weight excluding hydrogens is 210 g/mol. The summed E-state index contributed by atoms with van der Waals surface area (Å²) in [6.45, 7) is 1.91. The van der Waals surface area contributed by atoms with Crippen molar-refractivity contribution in [1.82, 2.24) is 0 Å². The highest BCUT2D eigenvalue weighted by molar-refractivity contribution is 5.28. The summed E-state index contributed by atoms with van der Waals surface area (Å²) in [7, 11) is 0. The summed E-state index contributed by atoms with van der Waals surface area (Å²) in [6.07, 6.45) is 4.08. The highest BCUT2D eigenvalue weighted by Crippen LogP contribution is 2.29. The maximum Gasteiger partial charge on any atom is 0.0700 e. The van der Waals surface area contributed by atoms with Gasteiger partial charge in [-0.1, -0.05) is 30.7 Å². The molecule has 1 aromatic carbocycles. The van der Waals surface area contributed by atoms with E-state index in [-0.39, 0.29) is 12.0 Å². The van der Waals surface area contributed by atoms with Crippen LogP contribution in [0.5, 0.6) is 0 Å². The molecule has 3 unspecified atom stereocenters. The van der Waals surface area contributed by atoms with Crippen molar-refractivity contribution in [2.45, 2.75) is 44.6 Å². The minimum absolute atomic E-state index is 0.0406. The Labute approximate surface area is 103 Å². The van der Waals surface area contributed by atoms with Gasteiger partial charge in [-0.15, -0.1) is 0 Å². The predicted octanol–water partition coefficient (Wildman–Crippen LogP) is 3.02. The quantitative estimate of drug-likeness (QED) is 0.865. The molecule has 0 heterocycles. The number of nitrogens with zero attached hydrogens (tertiary/aromatic N) is 1. The molecule has 1 aromatic rings. The Hall–Kier alpha value is -1.33. The number of hydrogen-bond acceptors (Lipinski definition) is 2. The van der Waals surface area contributed by atoms with E-state index < -0.39 is 0 Å². The Morgan fingerprint density at radius 2 is 2.06 bits per heavy atom. The van der Waals surface area contributed by atoms with Crippen LogP contribution >= 0.6 is 0 Å². The summed E-state index contributed by atoms with van der Waals surface area (Å²) >= 11 is 0. The van der Waals surface area contributed by atoms with Gasteiger partial charge in [-0.2, -0.15) is 5.26 Å². The Bertz CT molecular complexity index is 404. The summed E-state index contributed by atoms with van der Waals surface area (Å²) in [5.41, 5.74) is 2.34. The molecule has 0 spiro atoms. The second-order valence-corrected chi connectivity index (χ2v) is 5.05. The van der Waals surface area contributed by atoms with E-state index in [0.29, 0.717) is 5.92 Å². The van der Waals surface area contributed by atoms with E-state index in [2.05, 4.69) is 18.2 Å². The SMILES string of the molecule is CC(C#N)c1ccc(CC2CCCC2O)cc1. The van der Waals surface area contributed by atoms with Crippen LogP contribution in [0.1, 0.15) is 43.2 Å². The fraction of sp³-hybridized carbons (Fsp3) is 0.533. The van der Waals surface area contributed by atoms with Gasteiger partial charge in [0.25, 0.3) is 0 Å². The monoisotopic (exact) mass is 229 g/mol. The molecule has 0 amide bonds. The molecule has 1 N–H and O–H groups in total. The number of nitriles is 1. The topological polar surface area (TPSA) is 44.0 Å². The lowest BCUT2D eigenvalue weighted by atomic mass is 9.94. The van der Waals surface area contributed by atoms with E-state index in [4.69, 9.17) is 5.26 Å². The molecule has 90 valence electrons. The molecule has 0 aromatic heterocycles. The first-order chi connectivity index (χ1) is 8.20. The van der Waals surface area contributed by atoms with Gasteiger partial charge < -0.3 is 5.11 Å². The predicted molar refractivity (Wildman–Crippen MR) is 67.5 cm³/mol. The van der Waals surface area contributed by atoms with Crippen molar-refractivity contribution in [2.24, 2.45) is 5.92 Å². The van der Waals surface area contributed by atoms with Gasteiger partial charge in [0.2, 0.25) is 0 Å². The second-order valence-electron chi connectivity index (χ2n) is 5.05. The molecule has 0 saturated heterocycles. The lowest BCUT2D eigenvalue weighted by Crippen LogP contribution is -2.15. The lowest BCUT2D eigenvalue weighted by Gasteiger charge is -2.14. The average Bonchev–Trinajstić information content (AvgIpc) is 2.75. The van der Waals surface area contributed by atoms with Gasteiger partial charge in [-0.05, 0) is 43.2 Å². The first kappa shape index (κ1) is 12.1. The zero-order valence-corrected chi connectivity index (χ0v) is 10.3. The maximum atomic E-state index is 9.79. The fourth-order valence-electron chi connectivity index (χ4n) is 2.58. The summed E-state index contributed by atoms with van der Waals surface area (Å²) in [4.78, 5) is 0. The van der Waals surface area contributed by atoms with E-state index in [0.717, 1.165) is 31.2 Å². The average molecular weight is 229 g/mol. The van der Waals surface area contributed by atoms with Crippen molar-refractivity contribution in [3.05, 3.63) is 35.4 Å². The first-order valence-electron chi connectivity index (χ1n) is 6.37. The van der Waals surface area contributed by atoms with Gasteiger partial charge in [0.15, 0.2) is 0 Å². The standard InChI is InChI=1S/C15H19NO/c1-11(10-16)13-7-5-12(6-8-13)9-14-3-2-4-15(14)17/h5-8,11,14-15,17H,2-4,9H2,1H3. The number of hydrogen-bond donors (Lipinski definition) is 1. The Balaban J connectivity index is 2.01. The largest absolute Gasteiger partial charge is 0.393 e. The summed E-state index contributed by atoms with van der Waals surface area (Å²) in [5, 5.41) is 18.6. The molecule has 1 fully saturated rings. The van der Waals surface area contributed by atoms with Crippen molar-refractivity contribution in [3.63, 3.8) is 0 Å². The highest BCUT2D eigenvalue weighted by atomic mass is 16.3. The maximum absolute atomic E-state index is 9.79. The number of aliphatic hydroxyl groups is 1. The number of benzene rings is 1. The van der Waals surface area contributed by atoms with Crippen LogP contribution < -0.4 is 0 Å². The van der Waals surface area contributed by atoms with E-state index in [9.17, 15) is 5.11 Å². The van der Waals surface area contributed by atoms with Crippen LogP contribution in [0.2, 0.25) is 0 Å². The van der Waals surface area contributed by atoms with Gasteiger partial charge in [0.05, 0.1) is 18.1 Å². The van der Waals surface area contributed by atoms with Gasteiger partial charge in [-0.3, -0.25) is 0 Å². The number of aliphatic hydroxyl groups excluding tert-OH is 1. The van der Waals surface area contributed by atoms with Crippen LogP contribution in [0.4, 0.5) is 0 Å². The van der Waals surface area contributed by atoms with Gasteiger partial charge >= 0.3 is 0 Å². The highest BCUT2D eigenvalue weighted by Gasteiger charge is 2.25. The van der Waals surface area contributed by atoms with Gasteiger partial charge in [-0.25, -0.2) is 0 Å². The Morgan fingerprint density at radius 1 is 1.35 bits per heavy atom. The summed E-state index contributed by atoms with van der Waals surface area (Å²) < 4.78 is 0. The lowest BCUT2D eigenvalue weighted by molar-refractivity contribution is 0.132. The molecule has 0 radical (unpaired) electrons.